The molecule has 1 aromatic carbocycles. The third kappa shape index (κ3) is 1.23. The van der Waals surface area contributed by atoms with Gasteiger partial charge in [0.1, 0.15) is 0 Å². The summed E-state index contributed by atoms with van der Waals surface area (Å²) in [6.07, 6.45) is 0. The van der Waals surface area contributed by atoms with Crippen LogP contribution in [-0.2, 0) is 6.54 Å². The van der Waals surface area contributed by atoms with E-state index in [-0.39, 0.29) is 5.38 Å². The molecule has 0 saturated carbocycles. The van der Waals surface area contributed by atoms with E-state index in [0.717, 1.165) is 23.0 Å². The Balaban J connectivity index is 2.25. The highest BCUT2D eigenvalue weighted by Crippen LogP contribution is 2.30. The van der Waals surface area contributed by atoms with E-state index in [0.29, 0.717) is 0 Å². The average Bonchev–Trinajstić information content (AvgIpc) is 2.56. The summed E-state index contributed by atoms with van der Waals surface area (Å²) in [6.45, 7) is 0.879. The molecule has 0 radical (unpaired) electrons. The number of hydrogen-bond acceptors (Lipinski definition) is 2. The lowest BCUT2D eigenvalue weighted by molar-refractivity contribution is 0.630. The number of imidazole rings is 1. The highest BCUT2D eigenvalue weighted by atomic mass is 35.5. The van der Waals surface area contributed by atoms with E-state index in [9.17, 15) is 0 Å². The molecule has 0 aliphatic carbocycles. The normalized spacial score (nSPS) is 21.1. The monoisotopic (exact) mass is 224 g/mol. The Labute approximate surface area is 91.3 Å². The second-order valence-corrected chi connectivity index (χ2v) is 5.01. The van der Waals surface area contributed by atoms with Crippen molar-refractivity contribution < 1.29 is 0 Å². The molecular weight excluding hydrogens is 216 g/mol. The van der Waals surface area contributed by atoms with E-state index in [2.05, 4.69) is 15.6 Å². The summed E-state index contributed by atoms with van der Waals surface area (Å²) in [4.78, 5) is 4.55. The Hall–Kier alpha value is -0.670. The fourth-order valence-electron chi connectivity index (χ4n) is 1.76. The Morgan fingerprint density at radius 3 is 3.21 bits per heavy atom. The predicted molar refractivity (Wildman–Crippen MR) is 60.1 cm³/mol. The first-order valence-electron chi connectivity index (χ1n) is 4.57. The number of rotatable bonds is 0. The van der Waals surface area contributed by atoms with Crippen molar-refractivity contribution in [1.82, 2.24) is 9.55 Å². The van der Waals surface area contributed by atoms with Crippen molar-refractivity contribution in [3.05, 3.63) is 24.3 Å². The molecule has 14 heavy (non-hydrogen) atoms. The molecule has 1 atom stereocenters. The number of benzene rings is 1. The van der Waals surface area contributed by atoms with Crippen LogP contribution in [-0.4, -0.2) is 20.7 Å². The molecule has 3 rings (SSSR count). The molecule has 0 spiro atoms. The minimum Gasteiger partial charge on any atom is -0.317 e. The summed E-state index contributed by atoms with van der Waals surface area (Å²) in [6, 6.07) is 8.20. The van der Waals surface area contributed by atoms with Gasteiger partial charge in [0.2, 0.25) is 0 Å². The van der Waals surface area contributed by atoms with Gasteiger partial charge in [-0.15, -0.1) is 11.6 Å². The van der Waals surface area contributed by atoms with Crippen molar-refractivity contribution in [2.45, 2.75) is 17.1 Å². The lowest BCUT2D eigenvalue weighted by Gasteiger charge is -2.18. The summed E-state index contributed by atoms with van der Waals surface area (Å²) in [5.74, 6) is 0.963. The van der Waals surface area contributed by atoms with Crippen LogP contribution in [0.4, 0.5) is 0 Å². The average molecular weight is 225 g/mol. The molecule has 0 saturated heterocycles. The number of thioether (sulfide) groups is 1. The van der Waals surface area contributed by atoms with E-state index < -0.39 is 0 Å². The highest BCUT2D eigenvalue weighted by molar-refractivity contribution is 7.99. The Morgan fingerprint density at radius 2 is 2.29 bits per heavy atom. The van der Waals surface area contributed by atoms with Crippen molar-refractivity contribution in [2.75, 3.05) is 5.75 Å². The second kappa shape index (κ2) is 3.17. The zero-order chi connectivity index (χ0) is 9.54. The van der Waals surface area contributed by atoms with Crippen LogP contribution in [0.25, 0.3) is 11.0 Å². The molecule has 1 aliphatic heterocycles. The third-order valence-electron chi connectivity index (χ3n) is 2.39. The van der Waals surface area contributed by atoms with Gasteiger partial charge in [0.25, 0.3) is 0 Å². The van der Waals surface area contributed by atoms with Crippen molar-refractivity contribution in [2.24, 2.45) is 0 Å². The largest absolute Gasteiger partial charge is 0.317 e. The van der Waals surface area contributed by atoms with Crippen LogP contribution in [0.1, 0.15) is 0 Å². The van der Waals surface area contributed by atoms with Gasteiger partial charge in [-0.05, 0) is 12.1 Å². The van der Waals surface area contributed by atoms with Crippen LogP contribution in [0.2, 0.25) is 0 Å². The fourth-order valence-corrected chi connectivity index (χ4v) is 3.01. The number of nitrogens with zero attached hydrogens (tertiary/aromatic N) is 2. The lowest BCUT2D eigenvalue weighted by atomic mass is 10.3. The molecule has 1 aromatic heterocycles. The maximum Gasteiger partial charge on any atom is 0.169 e. The van der Waals surface area contributed by atoms with E-state index in [1.54, 1.807) is 11.8 Å². The van der Waals surface area contributed by atoms with Crippen LogP contribution in [0.5, 0.6) is 0 Å². The molecule has 2 aromatic rings. The van der Waals surface area contributed by atoms with Gasteiger partial charge in [-0.2, -0.15) is 0 Å². The third-order valence-corrected chi connectivity index (χ3v) is 4.01. The van der Waals surface area contributed by atoms with E-state index in [4.69, 9.17) is 11.6 Å². The minimum absolute atomic E-state index is 0.227. The van der Waals surface area contributed by atoms with Gasteiger partial charge in [0, 0.05) is 12.3 Å². The summed E-state index contributed by atoms with van der Waals surface area (Å²) >= 11 is 7.87. The smallest absolute Gasteiger partial charge is 0.169 e. The molecule has 0 fully saturated rings. The first kappa shape index (κ1) is 8.62. The van der Waals surface area contributed by atoms with Crippen molar-refractivity contribution in [3.63, 3.8) is 0 Å². The molecule has 72 valence electrons. The summed E-state index contributed by atoms with van der Waals surface area (Å²) in [7, 11) is 0. The SMILES string of the molecule is ClC1CSc2nc3ccccc3n2C1. The van der Waals surface area contributed by atoms with Crippen LogP contribution >= 0.6 is 23.4 Å². The topological polar surface area (TPSA) is 17.8 Å². The first-order valence-corrected chi connectivity index (χ1v) is 5.99. The molecule has 1 unspecified atom stereocenters. The first-order chi connectivity index (χ1) is 6.84. The highest BCUT2D eigenvalue weighted by Gasteiger charge is 2.20. The zero-order valence-corrected chi connectivity index (χ0v) is 9.05. The van der Waals surface area contributed by atoms with Crippen molar-refractivity contribution in [3.8, 4) is 0 Å². The van der Waals surface area contributed by atoms with Gasteiger partial charge in [-0.25, -0.2) is 4.98 Å². The summed E-state index contributed by atoms with van der Waals surface area (Å²) < 4.78 is 2.21. The summed E-state index contributed by atoms with van der Waals surface area (Å²) in [5, 5.41) is 1.33. The molecule has 4 heteroatoms. The zero-order valence-electron chi connectivity index (χ0n) is 7.48. The molecular formula is C10H9ClN2S. The standard InChI is InChI=1S/C10H9ClN2S/c11-7-5-13-9-4-2-1-3-8(9)12-10(13)14-6-7/h1-4,7H,5-6H2. The second-order valence-electron chi connectivity index (χ2n) is 3.40. The van der Waals surface area contributed by atoms with Crippen molar-refractivity contribution in [1.29, 1.82) is 0 Å². The van der Waals surface area contributed by atoms with Gasteiger partial charge in [0.15, 0.2) is 5.16 Å². The van der Waals surface area contributed by atoms with Crippen molar-refractivity contribution >= 4 is 34.4 Å². The number of alkyl halides is 1. The van der Waals surface area contributed by atoms with E-state index in [1.807, 2.05) is 18.2 Å². The van der Waals surface area contributed by atoms with E-state index >= 15 is 0 Å². The molecule has 0 amide bonds. The van der Waals surface area contributed by atoms with Gasteiger partial charge in [-0.3, -0.25) is 0 Å². The van der Waals surface area contributed by atoms with Gasteiger partial charge >= 0.3 is 0 Å². The fraction of sp³-hybridized carbons (Fsp3) is 0.300. The number of aromatic nitrogens is 2. The molecule has 0 N–H and O–H groups in total. The van der Waals surface area contributed by atoms with Crippen LogP contribution < -0.4 is 0 Å². The maximum absolute atomic E-state index is 6.13. The Morgan fingerprint density at radius 1 is 1.43 bits per heavy atom. The molecule has 0 bridgehead atoms. The maximum atomic E-state index is 6.13. The lowest BCUT2D eigenvalue weighted by Crippen LogP contribution is -2.18. The van der Waals surface area contributed by atoms with Gasteiger partial charge < -0.3 is 4.57 Å². The van der Waals surface area contributed by atoms with Crippen LogP contribution in [0.3, 0.4) is 0 Å². The quantitative estimate of drug-likeness (QED) is 0.641. The minimum atomic E-state index is 0.227. The van der Waals surface area contributed by atoms with E-state index in [1.165, 1.54) is 5.52 Å². The Bertz CT molecular complexity index is 480. The predicted octanol–water partition coefficient (Wildman–Crippen LogP) is 2.75. The van der Waals surface area contributed by atoms with Gasteiger partial charge in [0.05, 0.1) is 16.4 Å². The Kier molecular flexibility index (Phi) is 1.96. The van der Waals surface area contributed by atoms with Crippen LogP contribution in [0, 0.1) is 0 Å². The number of fused-ring (bicyclic) bond motifs is 3. The molecule has 2 heterocycles. The number of hydrogen-bond donors (Lipinski definition) is 0. The van der Waals surface area contributed by atoms with Gasteiger partial charge in [-0.1, -0.05) is 23.9 Å². The number of para-hydroxylation sites is 2. The molecule has 2 nitrogen and oxygen atoms in total. The molecule has 1 aliphatic rings. The number of halogens is 1. The van der Waals surface area contributed by atoms with Crippen LogP contribution in [0.15, 0.2) is 29.4 Å². The summed E-state index contributed by atoms with van der Waals surface area (Å²) in [5.41, 5.74) is 2.26.